The minimum atomic E-state index is -0.411. The standard InChI is InChI=1S/C21H21NO3/c1-21(2)13-16-6-4-5-7-17(16)18(22-21)12-19(23)14-8-10-15(11-9-14)20(24)25-3/h4-11H,12-13H2,1-3H3. The zero-order valence-electron chi connectivity index (χ0n) is 14.7. The van der Waals surface area contributed by atoms with Crippen molar-refractivity contribution in [1.29, 1.82) is 0 Å². The number of rotatable bonds is 4. The van der Waals surface area contributed by atoms with Gasteiger partial charge in [-0.3, -0.25) is 9.79 Å². The number of carbonyl (C=O) groups is 2. The minimum absolute atomic E-state index is 0.0114. The van der Waals surface area contributed by atoms with E-state index in [-0.39, 0.29) is 17.7 Å². The van der Waals surface area contributed by atoms with Crippen LogP contribution in [0.1, 0.15) is 52.1 Å². The zero-order chi connectivity index (χ0) is 18.0. The zero-order valence-corrected chi connectivity index (χ0v) is 14.7. The molecular formula is C21H21NO3. The van der Waals surface area contributed by atoms with Crippen molar-refractivity contribution >= 4 is 17.5 Å². The van der Waals surface area contributed by atoms with E-state index in [1.54, 1.807) is 24.3 Å². The molecule has 0 aromatic heterocycles. The third kappa shape index (κ3) is 3.68. The summed E-state index contributed by atoms with van der Waals surface area (Å²) in [6, 6.07) is 14.7. The molecule has 0 saturated heterocycles. The molecule has 0 aliphatic carbocycles. The highest BCUT2D eigenvalue weighted by molar-refractivity contribution is 6.16. The highest BCUT2D eigenvalue weighted by Gasteiger charge is 2.27. The molecule has 0 atom stereocenters. The van der Waals surface area contributed by atoms with Crippen molar-refractivity contribution in [3.8, 4) is 0 Å². The Balaban J connectivity index is 1.85. The Labute approximate surface area is 147 Å². The van der Waals surface area contributed by atoms with Crippen LogP contribution < -0.4 is 0 Å². The maximum atomic E-state index is 12.7. The predicted molar refractivity (Wildman–Crippen MR) is 97.5 cm³/mol. The van der Waals surface area contributed by atoms with Crippen molar-refractivity contribution in [2.24, 2.45) is 4.99 Å². The van der Waals surface area contributed by atoms with Crippen molar-refractivity contribution in [3.63, 3.8) is 0 Å². The summed E-state index contributed by atoms with van der Waals surface area (Å²) >= 11 is 0. The molecule has 0 N–H and O–H groups in total. The lowest BCUT2D eigenvalue weighted by Crippen LogP contribution is -2.29. The molecule has 2 aromatic rings. The summed E-state index contributed by atoms with van der Waals surface area (Å²) in [4.78, 5) is 29.0. The third-order valence-corrected chi connectivity index (χ3v) is 4.34. The Morgan fingerprint density at radius 3 is 2.36 bits per heavy atom. The Kier molecular flexibility index (Phi) is 4.53. The second kappa shape index (κ2) is 6.63. The predicted octanol–water partition coefficient (Wildman–Crippen LogP) is 3.87. The third-order valence-electron chi connectivity index (χ3n) is 4.34. The summed E-state index contributed by atoms with van der Waals surface area (Å²) < 4.78 is 4.68. The summed E-state index contributed by atoms with van der Waals surface area (Å²) in [6.07, 6.45) is 1.12. The molecule has 0 radical (unpaired) electrons. The van der Waals surface area contributed by atoms with Crippen molar-refractivity contribution in [1.82, 2.24) is 0 Å². The summed E-state index contributed by atoms with van der Waals surface area (Å²) in [6.45, 7) is 4.16. The van der Waals surface area contributed by atoms with Crippen LogP contribution in [0.4, 0.5) is 0 Å². The fourth-order valence-electron chi connectivity index (χ4n) is 3.19. The monoisotopic (exact) mass is 335 g/mol. The fraction of sp³-hybridized carbons (Fsp3) is 0.286. The largest absolute Gasteiger partial charge is 0.465 e. The van der Waals surface area contributed by atoms with E-state index in [1.165, 1.54) is 12.7 Å². The molecule has 1 aliphatic rings. The number of hydrogen-bond acceptors (Lipinski definition) is 4. The molecule has 2 aromatic carbocycles. The van der Waals surface area contributed by atoms with Gasteiger partial charge in [-0.2, -0.15) is 0 Å². The minimum Gasteiger partial charge on any atom is -0.465 e. The van der Waals surface area contributed by atoms with Crippen LogP contribution in [0.15, 0.2) is 53.5 Å². The number of ketones is 1. The maximum Gasteiger partial charge on any atom is 0.337 e. The molecule has 0 amide bonds. The first-order valence-corrected chi connectivity index (χ1v) is 8.28. The highest BCUT2D eigenvalue weighted by Crippen LogP contribution is 2.28. The Bertz CT molecular complexity index is 848. The molecule has 0 saturated carbocycles. The van der Waals surface area contributed by atoms with E-state index in [1.807, 2.05) is 18.2 Å². The number of methoxy groups -OCH3 is 1. The second-order valence-electron chi connectivity index (χ2n) is 6.87. The van der Waals surface area contributed by atoms with E-state index in [4.69, 9.17) is 4.99 Å². The van der Waals surface area contributed by atoms with E-state index < -0.39 is 5.97 Å². The van der Waals surface area contributed by atoms with Crippen molar-refractivity contribution in [2.75, 3.05) is 7.11 Å². The molecule has 1 heterocycles. The molecule has 25 heavy (non-hydrogen) atoms. The van der Waals surface area contributed by atoms with Gasteiger partial charge >= 0.3 is 5.97 Å². The van der Waals surface area contributed by atoms with Crippen LogP contribution in [0.3, 0.4) is 0 Å². The van der Waals surface area contributed by atoms with E-state index in [2.05, 4.69) is 24.7 Å². The molecule has 0 bridgehead atoms. The van der Waals surface area contributed by atoms with Crippen LogP contribution in [0.5, 0.6) is 0 Å². The van der Waals surface area contributed by atoms with Crippen LogP contribution in [-0.2, 0) is 11.2 Å². The van der Waals surface area contributed by atoms with Crippen molar-refractivity contribution in [2.45, 2.75) is 32.2 Å². The highest BCUT2D eigenvalue weighted by atomic mass is 16.5. The number of benzene rings is 2. The van der Waals surface area contributed by atoms with Crippen LogP contribution in [0.2, 0.25) is 0 Å². The van der Waals surface area contributed by atoms with E-state index in [9.17, 15) is 9.59 Å². The van der Waals surface area contributed by atoms with E-state index >= 15 is 0 Å². The van der Waals surface area contributed by atoms with Crippen LogP contribution in [-0.4, -0.2) is 30.1 Å². The van der Waals surface area contributed by atoms with Gasteiger partial charge in [0.15, 0.2) is 5.78 Å². The van der Waals surface area contributed by atoms with Gasteiger partial charge < -0.3 is 4.74 Å². The first-order valence-electron chi connectivity index (χ1n) is 8.28. The van der Waals surface area contributed by atoms with Gasteiger partial charge in [-0.05, 0) is 43.5 Å². The lowest BCUT2D eigenvalue weighted by molar-refractivity contribution is 0.0600. The number of aliphatic imine (C=N–C) groups is 1. The Morgan fingerprint density at radius 2 is 1.68 bits per heavy atom. The average Bonchev–Trinajstić information content (AvgIpc) is 2.60. The smallest absolute Gasteiger partial charge is 0.337 e. The molecule has 4 heteroatoms. The van der Waals surface area contributed by atoms with Crippen LogP contribution in [0.25, 0.3) is 0 Å². The maximum absolute atomic E-state index is 12.7. The van der Waals surface area contributed by atoms with Crippen LogP contribution in [0, 0.1) is 0 Å². The number of ether oxygens (including phenoxy) is 1. The van der Waals surface area contributed by atoms with Crippen molar-refractivity contribution in [3.05, 3.63) is 70.8 Å². The first kappa shape index (κ1) is 17.1. The summed E-state index contributed by atoms with van der Waals surface area (Å²) in [5, 5.41) is 0. The fourth-order valence-corrected chi connectivity index (χ4v) is 3.19. The van der Waals surface area contributed by atoms with E-state index in [0.717, 1.165) is 17.7 Å². The number of carbonyl (C=O) groups excluding carboxylic acids is 2. The number of nitrogens with zero attached hydrogens (tertiary/aromatic N) is 1. The van der Waals surface area contributed by atoms with Gasteiger partial charge in [-0.1, -0.05) is 36.4 Å². The van der Waals surface area contributed by atoms with Gasteiger partial charge in [-0.15, -0.1) is 0 Å². The SMILES string of the molecule is COC(=O)c1ccc(C(=O)CC2=NC(C)(C)Cc3ccccc32)cc1. The number of esters is 1. The summed E-state index contributed by atoms with van der Waals surface area (Å²) in [5.41, 5.74) is 3.90. The quantitative estimate of drug-likeness (QED) is 0.629. The lowest BCUT2D eigenvalue weighted by Gasteiger charge is -2.29. The normalized spacial score (nSPS) is 15.1. The number of Topliss-reactive ketones (excluding diaryl/α,β-unsaturated/α-hetero) is 1. The second-order valence-corrected chi connectivity index (χ2v) is 6.87. The molecule has 3 rings (SSSR count). The molecular weight excluding hydrogens is 314 g/mol. The van der Waals surface area contributed by atoms with E-state index in [0.29, 0.717) is 11.1 Å². The average molecular weight is 335 g/mol. The van der Waals surface area contributed by atoms with Gasteiger partial charge in [0, 0.05) is 5.56 Å². The Morgan fingerprint density at radius 1 is 1.04 bits per heavy atom. The lowest BCUT2D eigenvalue weighted by atomic mass is 9.85. The number of hydrogen-bond donors (Lipinski definition) is 0. The molecule has 0 unspecified atom stereocenters. The Hall–Kier alpha value is -2.75. The summed E-state index contributed by atoms with van der Waals surface area (Å²) in [5.74, 6) is -0.422. The van der Waals surface area contributed by atoms with Gasteiger partial charge in [0.25, 0.3) is 0 Å². The first-order chi connectivity index (χ1) is 11.9. The molecule has 4 nitrogen and oxygen atoms in total. The van der Waals surface area contributed by atoms with Crippen molar-refractivity contribution < 1.29 is 14.3 Å². The molecule has 0 fully saturated rings. The van der Waals surface area contributed by atoms with Gasteiger partial charge in [-0.25, -0.2) is 4.79 Å². The van der Waals surface area contributed by atoms with Gasteiger partial charge in [0.2, 0.25) is 0 Å². The molecule has 0 spiro atoms. The summed E-state index contributed by atoms with van der Waals surface area (Å²) in [7, 11) is 1.34. The van der Waals surface area contributed by atoms with Gasteiger partial charge in [0.1, 0.15) is 0 Å². The molecule has 128 valence electrons. The molecule has 1 aliphatic heterocycles. The van der Waals surface area contributed by atoms with Gasteiger partial charge in [0.05, 0.1) is 30.3 Å². The van der Waals surface area contributed by atoms with Crippen LogP contribution >= 0.6 is 0 Å². The number of fused-ring (bicyclic) bond motifs is 1. The topological polar surface area (TPSA) is 55.7 Å².